The average Bonchev–Trinajstić information content (AvgIpc) is 3.82. The van der Waals surface area contributed by atoms with Crippen LogP contribution < -0.4 is 47.8 Å². The van der Waals surface area contributed by atoms with E-state index in [2.05, 4.69) is 51.8 Å². The molecule has 20 heteroatoms. The number of benzene rings is 1. The minimum atomic E-state index is -1.61. The first-order valence-electron chi connectivity index (χ1n) is 27.6. The highest BCUT2D eigenvalue weighted by Gasteiger charge is 2.41. The lowest BCUT2D eigenvalue weighted by molar-refractivity contribution is -0.139. The average molecular weight is 1100 g/mol. The van der Waals surface area contributed by atoms with E-state index in [1.165, 1.54) is 27.7 Å². The highest BCUT2D eigenvalue weighted by molar-refractivity contribution is 7.27. The zero-order valence-electron chi connectivity index (χ0n) is 48.3. The van der Waals surface area contributed by atoms with Gasteiger partial charge in [0, 0.05) is 25.2 Å². The fourth-order valence-corrected chi connectivity index (χ4v) is 9.69. The Balaban J connectivity index is 0.0000203. The molecular formula is C57H99N10O9P. The summed E-state index contributed by atoms with van der Waals surface area (Å²) in [6, 6.07) is 1.96. The van der Waals surface area contributed by atoms with E-state index in [9.17, 15) is 43.2 Å². The molecule has 1 saturated carbocycles. The van der Waals surface area contributed by atoms with Crippen LogP contribution in [0.5, 0.6) is 0 Å². The predicted octanol–water partition coefficient (Wildman–Crippen LogP) is 4.23. The maximum absolute atomic E-state index is 14.4. The molecule has 6 atom stereocenters. The third-order valence-electron chi connectivity index (χ3n) is 14.0. The molecule has 2 fully saturated rings. The molecule has 0 spiro atoms. The first kappa shape index (κ1) is 67.9. The van der Waals surface area contributed by atoms with Crippen molar-refractivity contribution in [3.05, 3.63) is 29.8 Å². The van der Waals surface area contributed by atoms with E-state index >= 15 is 0 Å². The summed E-state index contributed by atoms with van der Waals surface area (Å²) < 4.78 is 0. The lowest BCUT2D eigenvalue weighted by Crippen LogP contribution is -2.65. The Kier molecular flexibility index (Phi) is 27.2. The molecule has 1 aromatic carbocycles. The third kappa shape index (κ3) is 22.2. The van der Waals surface area contributed by atoms with Crippen LogP contribution in [0.15, 0.2) is 24.3 Å². The van der Waals surface area contributed by atoms with Crippen molar-refractivity contribution in [2.75, 3.05) is 33.7 Å². The number of amides is 9. The number of likely N-dealkylation sites (tertiary alicyclic amines) is 1. The summed E-state index contributed by atoms with van der Waals surface area (Å²) in [4.78, 5) is 129. The second-order valence-electron chi connectivity index (χ2n) is 24.3. The SMILES string of the molecule is C.CC(C)C[C@H](NC(=O)[C@H](CCC1CCCCC1)NC(=O)[C@@H]1CCCN1C(=O)c1ccc(P)cc1)C(=O)NC(C)(C)C(=O)N[C@@H](CC(C)C)C(=O)N[C@@H](CC(C)C)C(=O)NC(C)(C)C(=O)NC(C)(C)C(=O)NCCN(C)C. The minimum absolute atomic E-state index is 0. The van der Waals surface area contributed by atoms with Crippen molar-refractivity contribution in [3.63, 3.8) is 0 Å². The highest BCUT2D eigenvalue weighted by atomic mass is 31.0. The molecule has 3 rings (SSSR count). The summed E-state index contributed by atoms with van der Waals surface area (Å²) in [5.74, 6) is -4.72. The van der Waals surface area contributed by atoms with Gasteiger partial charge in [-0.25, -0.2) is 0 Å². The Labute approximate surface area is 463 Å². The summed E-state index contributed by atoms with van der Waals surface area (Å²) in [6.45, 7) is 21.8. The number of hydrogen-bond acceptors (Lipinski definition) is 10. The van der Waals surface area contributed by atoms with E-state index in [0.29, 0.717) is 56.8 Å². The van der Waals surface area contributed by atoms with Crippen LogP contribution in [-0.4, -0.2) is 144 Å². The molecule has 9 amide bonds. The first-order chi connectivity index (χ1) is 35.3. The minimum Gasteiger partial charge on any atom is -0.353 e. The molecule has 0 aromatic heterocycles. The van der Waals surface area contributed by atoms with Crippen molar-refractivity contribution in [1.29, 1.82) is 0 Å². The lowest BCUT2D eigenvalue weighted by atomic mass is 9.85. The Morgan fingerprint density at radius 2 is 1.05 bits per heavy atom. The molecule has 436 valence electrons. The summed E-state index contributed by atoms with van der Waals surface area (Å²) in [7, 11) is 6.34. The smallest absolute Gasteiger partial charge is 0.254 e. The Bertz CT molecular complexity index is 2160. The number of rotatable bonds is 28. The van der Waals surface area contributed by atoms with E-state index < -0.39 is 94.1 Å². The van der Waals surface area contributed by atoms with Crippen LogP contribution >= 0.6 is 9.24 Å². The van der Waals surface area contributed by atoms with Gasteiger partial charge in [-0.15, -0.1) is 9.24 Å². The van der Waals surface area contributed by atoms with Crippen LogP contribution in [0.3, 0.4) is 0 Å². The largest absolute Gasteiger partial charge is 0.353 e. The number of hydrogen-bond donors (Lipinski definition) is 8. The molecular weight excluding hydrogens is 1000 g/mol. The topological polar surface area (TPSA) is 256 Å². The molecule has 77 heavy (non-hydrogen) atoms. The van der Waals surface area contributed by atoms with Gasteiger partial charge >= 0.3 is 0 Å². The zero-order chi connectivity index (χ0) is 57.3. The van der Waals surface area contributed by atoms with Gasteiger partial charge in [0.1, 0.15) is 46.8 Å². The van der Waals surface area contributed by atoms with Gasteiger partial charge in [0.05, 0.1) is 0 Å². The van der Waals surface area contributed by atoms with Crippen molar-refractivity contribution in [2.45, 2.75) is 214 Å². The van der Waals surface area contributed by atoms with Crippen LogP contribution in [0.1, 0.15) is 178 Å². The van der Waals surface area contributed by atoms with E-state index in [4.69, 9.17) is 0 Å². The number of nitrogens with one attached hydrogen (secondary N) is 8. The normalized spacial score (nSPS) is 16.9. The van der Waals surface area contributed by atoms with Gasteiger partial charge in [-0.1, -0.05) is 93.2 Å². The van der Waals surface area contributed by atoms with Crippen LogP contribution in [0.4, 0.5) is 0 Å². The molecule has 1 heterocycles. The maximum Gasteiger partial charge on any atom is 0.254 e. The highest BCUT2D eigenvalue weighted by Crippen LogP contribution is 2.28. The quantitative estimate of drug-likeness (QED) is 0.0555. The van der Waals surface area contributed by atoms with E-state index in [1.54, 1.807) is 30.9 Å². The summed E-state index contributed by atoms with van der Waals surface area (Å²) >= 11 is 0. The maximum atomic E-state index is 14.4. The third-order valence-corrected chi connectivity index (χ3v) is 14.4. The van der Waals surface area contributed by atoms with Crippen LogP contribution in [0.25, 0.3) is 0 Å². The van der Waals surface area contributed by atoms with Crippen LogP contribution in [0.2, 0.25) is 0 Å². The zero-order valence-corrected chi connectivity index (χ0v) is 49.4. The van der Waals surface area contributed by atoms with Crippen molar-refractivity contribution < 1.29 is 43.2 Å². The Morgan fingerprint density at radius 1 is 0.584 bits per heavy atom. The molecule has 8 N–H and O–H groups in total. The Hall–Kier alpha value is -5.16. The van der Waals surface area contributed by atoms with E-state index in [1.807, 2.05) is 72.7 Å². The van der Waals surface area contributed by atoms with E-state index in [-0.39, 0.29) is 50.4 Å². The van der Waals surface area contributed by atoms with Gasteiger partial charge < -0.3 is 52.3 Å². The van der Waals surface area contributed by atoms with Gasteiger partial charge in [-0.3, -0.25) is 43.2 Å². The van der Waals surface area contributed by atoms with Gasteiger partial charge in [-0.2, -0.15) is 0 Å². The fourth-order valence-electron chi connectivity index (χ4n) is 9.50. The number of nitrogens with zero attached hydrogens (tertiary/aromatic N) is 2. The Morgan fingerprint density at radius 3 is 1.55 bits per heavy atom. The van der Waals surface area contributed by atoms with Crippen molar-refractivity contribution >= 4 is 67.7 Å². The monoisotopic (exact) mass is 1100 g/mol. The summed E-state index contributed by atoms with van der Waals surface area (Å²) in [5, 5.41) is 23.5. The molecule has 19 nitrogen and oxygen atoms in total. The number of likely N-dealkylation sites (N-methyl/N-ethyl adjacent to an activating group) is 1. The number of carbonyl (C=O) groups excluding carboxylic acids is 9. The summed E-state index contributed by atoms with van der Waals surface area (Å²) in [5.41, 5.74) is -3.96. The fraction of sp³-hybridized carbons (Fsp3) is 0.737. The summed E-state index contributed by atoms with van der Waals surface area (Å²) in [6.07, 6.45) is 8.11. The lowest BCUT2D eigenvalue weighted by Gasteiger charge is -2.34. The molecule has 1 aromatic rings. The van der Waals surface area contributed by atoms with Crippen LogP contribution in [-0.2, 0) is 38.4 Å². The van der Waals surface area contributed by atoms with Crippen molar-refractivity contribution in [2.24, 2.45) is 23.7 Å². The second-order valence-corrected chi connectivity index (χ2v) is 25.0. The number of carbonyl (C=O) groups is 9. The molecule has 0 bridgehead atoms. The standard InChI is InChI=1S/C56H95N10O9P.CH4/c1-34(2)31-41(46(68)60-43(33-36(5)6)48(70)63-56(11,12)53(75)64-54(7,8)51(73)57-28-30-65(13)14)61-52(74)55(9,10)62-47(69)42(32-35(3)4)59-45(67)40(27-22-37-19-16-15-17-20-37)58-49(71)44-21-18-29-66(44)50(72)38-23-25-39(76)26-24-38;/h23-26,34-37,40-44H,15-22,27-33,76H2,1-14H3,(H,57,73)(H,58,71)(H,59,67)(H,60,68)(H,61,74)(H,62,69)(H,63,70)(H,64,75);1H4/t40-,41-,42-,43-,44-;/m0./s1. The van der Waals surface area contributed by atoms with Gasteiger partial charge in [0.15, 0.2) is 0 Å². The van der Waals surface area contributed by atoms with Gasteiger partial charge in [0.25, 0.3) is 5.91 Å². The van der Waals surface area contributed by atoms with E-state index in [0.717, 1.165) is 37.4 Å². The molecule has 0 radical (unpaired) electrons. The van der Waals surface area contributed by atoms with Crippen molar-refractivity contribution in [3.8, 4) is 0 Å². The predicted molar refractivity (Wildman–Crippen MR) is 307 cm³/mol. The second kappa shape index (κ2) is 30.8. The van der Waals surface area contributed by atoms with Gasteiger partial charge in [-0.05, 0) is 142 Å². The molecule has 1 unspecified atom stereocenters. The van der Waals surface area contributed by atoms with Crippen LogP contribution in [0, 0.1) is 23.7 Å². The first-order valence-corrected chi connectivity index (χ1v) is 28.2. The molecule has 1 aliphatic carbocycles. The molecule has 2 aliphatic rings. The molecule has 1 aliphatic heterocycles. The molecule has 1 saturated heterocycles. The van der Waals surface area contributed by atoms with Crippen molar-refractivity contribution in [1.82, 2.24) is 52.3 Å². The van der Waals surface area contributed by atoms with Gasteiger partial charge in [0.2, 0.25) is 47.3 Å².